The van der Waals surface area contributed by atoms with Gasteiger partial charge in [-0.05, 0) is 64.4 Å². The highest BCUT2D eigenvalue weighted by Gasteiger charge is 2.46. The van der Waals surface area contributed by atoms with Crippen molar-refractivity contribution in [2.75, 3.05) is 52.9 Å². The molecule has 1 aromatic carbocycles. The zero-order valence-electron chi connectivity index (χ0n) is 23.3. The SMILES string of the molecule is CC[C@@H]1CN2[C@H](CN(CCN(CC)CC)C(=O)[C@H]2Cc2cccc(OC)c2)CN1C(=O)OC(C)(C)C. The Bertz CT molecular complexity index is 883. The Morgan fingerprint density at radius 2 is 1.83 bits per heavy atom. The van der Waals surface area contributed by atoms with Crippen molar-refractivity contribution in [1.29, 1.82) is 0 Å². The minimum absolute atomic E-state index is 0.0129. The number of piperazine rings is 2. The summed E-state index contributed by atoms with van der Waals surface area (Å²) < 4.78 is 11.2. The molecule has 36 heavy (non-hydrogen) atoms. The summed E-state index contributed by atoms with van der Waals surface area (Å²) >= 11 is 0. The largest absolute Gasteiger partial charge is 0.497 e. The van der Waals surface area contributed by atoms with E-state index in [-0.39, 0.29) is 30.1 Å². The average molecular weight is 503 g/mol. The quantitative estimate of drug-likeness (QED) is 0.515. The lowest BCUT2D eigenvalue weighted by Crippen LogP contribution is -2.71. The molecule has 0 saturated carbocycles. The number of ether oxygens (including phenoxy) is 2. The van der Waals surface area contributed by atoms with Crippen LogP contribution in [0, 0.1) is 0 Å². The van der Waals surface area contributed by atoms with Gasteiger partial charge in [-0.2, -0.15) is 0 Å². The van der Waals surface area contributed by atoms with Gasteiger partial charge in [-0.25, -0.2) is 4.79 Å². The van der Waals surface area contributed by atoms with Crippen LogP contribution in [0.15, 0.2) is 24.3 Å². The molecule has 0 unspecified atom stereocenters. The Morgan fingerprint density at radius 1 is 1.11 bits per heavy atom. The van der Waals surface area contributed by atoms with Crippen LogP contribution in [0.5, 0.6) is 5.75 Å². The molecule has 3 atom stereocenters. The Kier molecular flexibility index (Phi) is 9.64. The molecule has 0 aliphatic carbocycles. The maximum absolute atomic E-state index is 13.9. The Labute approximate surface area is 217 Å². The van der Waals surface area contributed by atoms with Crippen LogP contribution in [0.3, 0.4) is 0 Å². The molecule has 2 saturated heterocycles. The number of carbonyl (C=O) groups is 2. The van der Waals surface area contributed by atoms with Gasteiger partial charge >= 0.3 is 6.09 Å². The summed E-state index contributed by atoms with van der Waals surface area (Å²) in [5.41, 5.74) is 0.541. The van der Waals surface area contributed by atoms with Crippen molar-refractivity contribution in [1.82, 2.24) is 19.6 Å². The first-order valence-corrected chi connectivity index (χ1v) is 13.5. The average Bonchev–Trinajstić information content (AvgIpc) is 2.85. The van der Waals surface area contributed by atoms with Crippen LogP contribution in [0.25, 0.3) is 0 Å². The zero-order valence-corrected chi connectivity index (χ0v) is 23.3. The number of hydrogen-bond donors (Lipinski definition) is 0. The predicted octanol–water partition coefficient (Wildman–Crippen LogP) is 3.49. The molecular weight excluding hydrogens is 456 g/mol. The van der Waals surface area contributed by atoms with Gasteiger partial charge in [0, 0.05) is 44.8 Å². The third-order valence-corrected chi connectivity index (χ3v) is 7.41. The number of likely N-dealkylation sites (N-methyl/N-ethyl adjacent to an activating group) is 1. The van der Waals surface area contributed by atoms with Crippen molar-refractivity contribution in [3.05, 3.63) is 29.8 Å². The van der Waals surface area contributed by atoms with E-state index < -0.39 is 5.60 Å². The first-order chi connectivity index (χ1) is 17.1. The zero-order chi connectivity index (χ0) is 26.5. The van der Waals surface area contributed by atoms with E-state index in [4.69, 9.17) is 9.47 Å². The van der Waals surface area contributed by atoms with Crippen molar-refractivity contribution in [2.24, 2.45) is 0 Å². The van der Waals surface area contributed by atoms with Gasteiger partial charge in [0.1, 0.15) is 11.4 Å². The number of amides is 2. The Balaban J connectivity index is 1.87. The molecule has 2 amide bonds. The molecule has 0 spiro atoms. The number of rotatable bonds is 9. The summed E-state index contributed by atoms with van der Waals surface area (Å²) in [6.07, 6.45) is 1.18. The molecule has 0 N–H and O–H groups in total. The van der Waals surface area contributed by atoms with Crippen molar-refractivity contribution in [3.63, 3.8) is 0 Å². The second-order valence-electron chi connectivity index (χ2n) is 10.9. The van der Waals surface area contributed by atoms with E-state index in [9.17, 15) is 9.59 Å². The molecule has 0 radical (unpaired) electrons. The summed E-state index contributed by atoms with van der Waals surface area (Å²) in [6.45, 7) is 17.5. The third kappa shape index (κ3) is 6.91. The van der Waals surface area contributed by atoms with Crippen molar-refractivity contribution >= 4 is 12.0 Å². The van der Waals surface area contributed by atoms with Gasteiger partial charge in [0.05, 0.1) is 13.2 Å². The van der Waals surface area contributed by atoms with E-state index in [0.717, 1.165) is 37.4 Å². The van der Waals surface area contributed by atoms with E-state index in [1.807, 2.05) is 48.8 Å². The Hall–Kier alpha value is -2.32. The number of nitrogens with zero attached hydrogens (tertiary/aromatic N) is 4. The molecule has 0 bridgehead atoms. The maximum atomic E-state index is 13.9. The predicted molar refractivity (Wildman–Crippen MR) is 142 cm³/mol. The van der Waals surface area contributed by atoms with Crippen molar-refractivity contribution in [3.8, 4) is 5.75 Å². The van der Waals surface area contributed by atoms with Gasteiger partial charge in [0.15, 0.2) is 0 Å². The highest BCUT2D eigenvalue weighted by Crippen LogP contribution is 2.29. The van der Waals surface area contributed by atoms with Gasteiger partial charge in [-0.3, -0.25) is 9.69 Å². The molecule has 0 aromatic heterocycles. The topological polar surface area (TPSA) is 65.6 Å². The Morgan fingerprint density at radius 3 is 2.44 bits per heavy atom. The molecule has 1 aromatic rings. The van der Waals surface area contributed by atoms with Gasteiger partial charge in [-0.1, -0.05) is 32.9 Å². The van der Waals surface area contributed by atoms with E-state index in [2.05, 4.69) is 36.6 Å². The van der Waals surface area contributed by atoms with Crippen LogP contribution in [0.4, 0.5) is 4.79 Å². The summed E-state index contributed by atoms with van der Waals surface area (Å²) in [5.74, 6) is 0.980. The van der Waals surface area contributed by atoms with E-state index in [1.54, 1.807) is 7.11 Å². The maximum Gasteiger partial charge on any atom is 0.410 e. The number of carbonyl (C=O) groups excluding carboxylic acids is 2. The lowest BCUT2D eigenvalue weighted by molar-refractivity contribution is -0.149. The molecule has 3 rings (SSSR count). The number of fused-ring (bicyclic) bond motifs is 1. The highest BCUT2D eigenvalue weighted by atomic mass is 16.6. The van der Waals surface area contributed by atoms with E-state index in [1.165, 1.54) is 0 Å². The molecule has 2 heterocycles. The molecular formula is C28H46N4O4. The summed E-state index contributed by atoms with van der Waals surface area (Å²) in [5, 5.41) is 0. The standard InChI is InChI=1S/C28H46N4O4/c1-8-22-19-31-23(20-32(22)27(34)36-28(4,5)6)18-30(15-14-29(9-2)10-3)26(33)25(31)17-21-12-11-13-24(16-21)35-7/h11-13,16,22-23,25H,8-10,14-15,17-20H2,1-7H3/t22-,23-,25-/m1/s1. The van der Waals surface area contributed by atoms with Crippen LogP contribution < -0.4 is 4.74 Å². The van der Waals surface area contributed by atoms with E-state index in [0.29, 0.717) is 32.6 Å². The minimum atomic E-state index is -0.542. The monoisotopic (exact) mass is 502 g/mol. The van der Waals surface area contributed by atoms with Crippen LogP contribution >= 0.6 is 0 Å². The molecule has 2 aliphatic heterocycles. The van der Waals surface area contributed by atoms with Crippen molar-refractivity contribution in [2.45, 2.75) is 78.1 Å². The van der Waals surface area contributed by atoms with E-state index >= 15 is 0 Å². The normalized spacial score (nSPS) is 23.1. The molecule has 202 valence electrons. The van der Waals surface area contributed by atoms with Gasteiger partial charge in [-0.15, -0.1) is 0 Å². The van der Waals surface area contributed by atoms with Crippen LogP contribution in [0.2, 0.25) is 0 Å². The number of hydrogen-bond acceptors (Lipinski definition) is 6. The van der Waals surface area contributed by atoms with Crippen molar-refractivity contribution < 1.29 is 19.1 Å². The third-order valence-electron chi connectivity index (χ3n) is 7.41. The minimum Gasteiger partial charge on any atom is -0.497 e. The molecule has 8 heteroatoms. The summed E-state index contributed by atoms with van der Waals surface area (Å²) in [6, 6.07) is 7.82. The smallest absolute Gasteiger partial charge is 0.410 e. The number of benzene rings is 1. The molecule has 2 fully saturated rings. The lowest BCUT2D eigenvalue weighted by atomic mass is 9.93. The summed E-state index contributed by atoms with van der Waals surface area (Å²) in [7, 11) is 1.66. The van der Waals surface area contributed by atoms with Gasteiger partial charge < -0.3 is 24.2 Å². The van der Waals surface area contributed by atoms with Crippen LogP contribution in [-0.2, 0) is 16.0 Å². The second-order valence-corrected chi connectivity index (χ2v) is 10.9. The van der Waals surface area contributed by atoms with Gasteiger partial charge in [0.2, 0.25) is 5.91 Å². The van der Waals surface area contributed by atoms with Gasteiger partial charge in [0.25, 0.3) is 0 Å². The second kappa shape index (κ2) is 12.3. The highest BCUT2D eigenvalue weighted by molar-refractivity contribution is 5.83. The number of methoxy groups -OCH3 is 1. The lowest BCUT2D eigenvalue weighted by Gasteiger charge is -2.53. The van der Waals surface area contributed by atoms with Crippen LogP contribution in [-0.4, -0.2) is 108 Å². The molecule has 2 aliphatic rings. The first-order valence-electron chi connectivity index (χ1n) is 13.5. The summed E-state index contributed by atoms with van der Waals surface area (Å²) in [4.78, 5) is 35.6. The molecule has 8 nitrogen and oxygen atoms in total. The fourth-order valence-electron chi connectivity index (χ4n) is 5.34. The fourth-order valence-corrected chi connectivity index (χ4v) is 5.34. The first kappa shape index (κ1) is 28.3. The van der Waals surface area contributed by atoms with Crippen LogP contribution in [0.1, 0.15) is 53.5 Å². The fraction of sp³-hybridized carbons (Fsp3) is 0.714.